The normalized spacial score (nSPS) is 17.0. The van der Waals surface area contributed by atoms with Crippen LogP contribution >= 0.6 is 23.1 Å². The van der Waals surface area contributed by atoms with E-state index in [0.717, 1.165) is 27.6 Å². The number of carbonyl (C=O) groups is 1. The van der Waals surface area contributed by atoms with Gasteiger partial charge in [0, 0.05) is 11.6 Å². The van der Waals surface area contributed by atoms with Crippen LogP contribution < -0.4 is 5.32 Å². The van der Waals surface area contributed by atoms with Crippen molar-refractivity contribution in [2.75, 3.05) is 0 Å². The third-order valence-corrected chi connectivity index (χ3v) is 5.47. The van der Waals surface area contributed by atoms with Gasteiger partial charge < -0.3 is 5.32 Å². The number of hydrogen-bond donors (Lipinski definition) is 1. The standard InChI is InChI=1S/C19H14N4OS2/c1-12-6-2-3-7-14(12)22-19-23-17(24)16(26-19)10-13-11-25-18(21-13)15-8-4-5-9-20-15/h2-11H,1H3,(H,22,23,24). The highest BCUT2D eigenvalue weighted by Crippen LogP contribution is 2.30. The minimum Gasteiger partial charge on any atom is -0.300 e. The number of thiazole rings is 1. The van der Waals surface area contributed by atoms with E-state index in [1.54, 1.807) is 12.3 Å². The van der Waals surface area contributed by atoms with Gasteiger partial charge in [-0.3, -0.25) is 9.78 Å². The monoisotopic (exact) mass is 378 g/mol. The van der Waals surface area contributed by atoms with Gasteiger partial charge in [0.25, 0.3) is 5.91 Å². The Labute approximate surface area is 158 Å². The first kappa shape index (κ1) is 16.7. The van der Waals surface area contributed by atoms with Gasteiger partial charge in [-0.2, -0.15) is 0 Å². The molecular weight excluding hydrogens is 364 g/mol. The summed E-state index contributed by atoms with van der Waals surface area (Å²) in [5, 5.41) is 6.13. The average Bonchev–Trinajstić information content (AvgIpc) is 3.25. The summed E-state index contributed by atoms with van der Waals surface area (Å²) in [6.07, 6.45) is 3.52. The zero-order chi connectivity index (χ0) is 17.9. The van der Waals surface area contributed by atoms with Crippen LogP contribution in [0.5, 0.6) is 0 Å². The number of thioether (sulfide) groups is 1. The first-order valence-corrected chi connectivity index (χ1v) is 9.61. The Bertz CT molecular complexity index is 1020. The second-order valence-corrected chi connectivity index (χ2v) is 7.45. The van der Waals surface area contributed by atoms with E-state index in [1.807, 2.05) is 54.8 Å². The first-order chi connectivity index (χ1) is 12.7. The Balaban J connectivity index is 1.56. The molecule has 3 heterocycles. The number of aryl methyl sites for hydroxylation is 1. The maximum Gasteiger partial charge on any atom is 0.264 e. The van der Waals surface area contributed by atoms with Crippen molar-refractivity contribution in [3.63, 3.8) is 0 Å². The Morgan fingerprint density at radius 3 is 2.81 bits per heavy atom. The molecule has 1 aliphatic rings. The number of hydrogen-bond acceptors (Lipinski definition) is 6. The predicted molar refractivity (Wildman–Crippen MR) is 107 cm³/mol. The van der Waals surface area contributed by atoms with Gasteiger partial charge in [-0.15, -0.1) is 11.3 Å². The van der Waals surface area contributed by atoms with Crippen LogP contribution in [0.25, 0.3) is 16.8 Å². The lowest BCUT2D eigenvalue weighted by Gasteiger charge is -1.99. The maximum absolute atomic E-state index is 12.2. The number of rotatable bonds is 3. The second kappa shape index (κ2) is 7.23. The van der Waals surface area contributed by atoms with E-state index in [-0.39, 0.29) is 5.91 Å². The van der Waals surface area contributed by atoms with Crippen LogP contribution in [0.1, 0.15) is 11.3 Å². The molecule has 1 amide bonds. The van der Waals surface area contributed by atoms with Crippen LogP contribution in [0.3, 0.4) is 0 Å². The van der Waals surface area contributed by atoms with Crippen LogP contribution in [0.2, 0.25) is 0 Å². The van der Waals surface area contributed by atoms with Crippen LogP contribution in [0, 0.1) is 6.92 Å². The zero-order valence-corrected chi connectivity index (χ0v) is 15.5. The number of carbonyl (C=O) groups excluding carboxylic acids is 1. The quantitative estimate of drug-likeness (QED) is 0.686. The molecule has 2 aromatic heterocycles. The Hall–Kier alpha value is -2.77. The molecule has 1 fully saturated rings. The van der Waals surface area contributed by atoms with Crippen molar-refractivity contribution in [2.24, 2.45) is 4.99 Å². The highest BCUT2D eigenvalue weighted by Gasteiger charge is 2.24. The largest absolute Gasteiger partial charge is 0.300 e. The first-order valence-electron chi connectivity index (χ1n) is 7.91. The SMILES string of the molecule is Cc1ccccc1N=C1NC(=O)C(=Cc2csc(-c3ccccn3)n2)S1. The van der Waals surface area contributed by atoms with Gasteiger partial charge >= 0.3 is 0 Å². The zero-order valence-electron chi connectivity index (χ0n) is 13.8. The van der Waals surface area contributed by atoms with E-state index in [0.29, 0.717) is 10.1 Å². The molecule has 4 rings (SSSR count). The fraction of sp³-hybridized carbons (Fsp3) is 0.0526. The van der Waals surface area contributed by atoms with E-state index in [4.69, 9.17) is 0 Å². The molecule has 5 nitrogen and oxygen atoms in total. The molecule has 0 radical (unpaired) electrons. The van der Waals surface area contributed by atoms with E-state index in [2.05, 4.69) is 20.3 Å². The molecular formula is C19H14N4OS2. The van der Waals surface area contributed by atoms with E-state index in [9.17, 15) is 4.79 Å². The lowest BCUT2D eigenvalue weighted by Crippen LogP contribution is -2.19. The Morgan fingerprint density at radius 2 is 2.00 bits per heavy atom. The van der Waals surface area contributed by atoms with Gasteiger partial charge in [0.15, 0.2) is 5.17 Å². The highest BCUT2D eigenvalue weighted by atomic mass is 32.2. The van der Waals surface area contributed by atoms with Crippen molar-refractivity contribution >= 4 is 45.9 Å². The van der Waals surface area contributed by atoms with Gasteiger partial charge in [0.05, 0.1) is 22.0 Å². The number of para-hydroxylation sites is 1. The Morgan fingerprint density at radius 1 is 1.15 bits per heavy atom. The van der Waals surface area contributed by atoms with Crippen molar-refractivity contribution in [1.82, 2.24) is 15.3 Å². The third-order valence-electron chi connectivity index (χ3n) is 3.67. The Kier molecular flexibility index (Phi) is 4.64. The molecule has 7 heteroatoms. The molecule has 1 N–H and O–H groups in total. The molecule has 0 saturated carbocycles. The van der Waals surface area contributed by atoms with E-state index < -0.39 is 0 Å². The maximum atomic E-state index is 12.2. The highest BCUT2D eigenvalue weighted by molar-refractivity contribution is 8.18. The summed E-state index contributed by atoms with van der Waals surface area (Å²) in [6, 6.07) is 13.5. The van der Waals surface area contributed by atoms with Crippen molar-refractivity contribution < 1.29 is 4.79 Å². The number of amidine groups is 1. The van der Waals surface area contributed by atoms with Gasteiger partial charge in [-0.1, -0.05) is 24.3 Å². The molecule has 26 heavy (non-hydrogen) atoms. The second-order valence-electron chi connectivity index (χ2n) is 5.56. The van der Waals surface area contributed by atoms with Crippen molar-refractivity contribution in [1.29, 1.82) is 0 Å². The summed E-state index contributed by atoms with van der Waals surface area (Å²) in [4.78, 5) is 26.2. The number of pyridine rings is 1. The molecule has 0 atom stereocenters. The molecule has 0 aliphatic carbocycles. The lowest BCUT2D eigenvalue weighted by atomic mass is 10.2. The summed E-state index contributed by atoms with van der Waals surface area (Å²) >= 11 is 2.82. The minimum absolute atomic E-state index is 0.158. The number of nitrogens with one attached hydrogen (secondary N) is 1. The molecule has 128 valence electrons. The van der Waals surface area contributed by atoms with Crippen LogP contribution in [-0.4, -0.2) is 21.0 Å². The number of aromatic nitrogens is 2. The van der Waals surface area contributed by atoms with Crippen LogP contribution in [-0.2, 0) is 4.79 Å². The molecule has 3 aromatic rings. The molecule has 1 aromatic carbocycles. The van der Waals surface area contributed by atoms with Crippen molar-refractivity contribution in [3.05, 3.63) is 70.2 Å². The molecule has 0 unspecified atom stereocenters. The summed E-state index contributed by atoms with van der Waals surface area (Å²) in [5.41, 5.74) is 3.48. The summed E-state index contributed by atoms with van der Waals surface area (Å²) in [5.74, 6) is -0.158. The average molecular weight is 378 g/mol. The fourth-order valence-corrected chi connectivity index (χ4v) is 3.94. The molecule has 1 aliphatic heterocycles. The predicted octanol–water partition coefficient (Wildman–Crippen LogP) is 4.41. The van der Waals surface area contributed by atoms with E-state index >= 15 is 0 Å². The topological polar surface area (TPSA) is 67.2 Å². The number of amides is 1. The van der Waals surface area contributed by atoms with E-state index in [1.165, 1.54) is 23.1 Å². The summed E-state index contributed by atoms with van der Waals surface area (Å²) in [7, 11) is 0. The van der Waals surface area contributed by atoms with Gasteiger partial charge in [0.1, 0.15) is 5.01 Å². The molecule has 0 spiro atoms. The summed E-state index contributed by atoms with van der Waals surface area (Å²) < 4.78 is 0. The lowest BCUT2D eigenvalue weighted by molar-refractivity contribution is -0.115. The fourth-order valence-electron chi connectivity index (χ4n) is 2.37. The van der Waals surface area contributed by atoms with Crippen molar-refractivity contribution in [2.45, 2.75) is 6.92 Å². The van der Waals surface area contributed by atoms with Gasteiger partial charge in [-0.25, -0.2) is 9.98 Å². The van der Waals surface area contributed by atoms with Crippen LogP contribution in [0.4, 0.5) is 5.69 Å². The molecule has 0 bridgehead atoms. The third kappa shape index (κ3) is 3.58. The van der Waals surface area contributed by atoms with Gasteiger partial charge in [0.2, 0.25) is 0 Å². The smallest absolute Gasteiger partial charge is 0.264 e. The molecule has 1 saturated heterocycles. The van der Waals surface area contributed by atoms with Gasteiger partial charge in [-0.05, 0) is 48.5 Å². The number of aliphatic imine (C=N–C) groups is 1. The minimum atomic E-state index is -0.158. The number of benzene rings is 1. The number of nitrogens with zero attached hydrogens (tertiary/aromatic N) is 3. The van der Waals surface area contributed by atoms with Crippen molar-refractivity contribution in [3.8, 4) is 10.7 Å². The van der Waals surface area contributed by atoms with Crippen LogP contribution in [0.15, 0.2) is 63.9 Å². The summed E-state index contributed by atoms with van der Waals surface area (Å²) in [6.45, 7) is 1.99.